The average molecular weight is 564 g/mol. The van der Waals surface area contributed by atoms with Gasteiger partial charge >= 0.3 is 5.97 Å². The van der Waals surface area contributed by atoms with E-state index in [0.29, 0.717) is 22.6 Å². The van der Waals surface area contributed by atoms with E-state index in [-0.39, 0.29) is 18.7 Å². The standard InChI is InChI=1S/C30H30FN3O7/c1-18-4-6-20(7-5-18)29(38)33-14-15-34(30(39)21-10-13-24(40-2)25(16-21)41-3)28(33)27(37)32-23(17-26(35)36)19-8-11-22(31)12-9-19/h4-13,16,23,28H,14-15,17H2,1-3H3,(H,32,37)(H,35,36). The maximum atomic E-state index is 13.8. The first-order valence-electron chi connectivity index (χ1n) is 12.8. The quantitative estimate of drug-likeness (QED) is 0.409. The van der Waals surface area contributed by atoms with Crippen LogP contribution in [-0.2, 0) is 9.59 Å². The molecule has 0 aromatic heterocycles. The number of carboxylic acid groups (broad SMARTS) is 1. The minimum Gasteiger partial charge on any atom is -0.493 e. The van der Waals surface area contributed by atoms with Gasteiger partial charge in [-0.05, 0) is 55.0 Å². The van der Waals surface area contributed by atoms with E-state index in [9.17, 15) is 28.7 Å². The number of aryl methyl sites for hydroxylation is 1. The number of carboxylic acids is 1. The number of benzene rings is 3. The van der Waals surface area contributed by atoms with E-state index in [2.05, 4.69) is 5.32 Å². The second kappa shape index (κ2) is 12.5. The molecule has 0 radical (unpaired) electrons. The molecule has 10 nitrogen and oxygen atoms in total. The van der Waals surface area contributed by atoms with Gasteiger partial charge in [-0.3, -0.25) is 19.2 Å². The fourth-order valence-electron chi connectivity index (χ4n) is 4.70. The summed E-state index contributed by atoms with van der Waals surface area (Å²) in [5.74, 6) is -2.77. The SMILES string of the molecule is COc1ccc(C(=O)N2CCN(C(=O)c3ccc(C)cc3)C2C(=O)NC(CC(=O)O)c2ccc(F)cc2)cc1OC. The minimum absolute atomic E-state index is 0.0447. The normalized spacial score (nSPS) is 15.3. The Bertz CT molecular complexity index is 1440. The van der Waals surface area contributed by atoms with Gasteiger partial charge in [0.25, 0.3) is 17.7 Å². The highest BCUT2D eigenvalue weighted by molar-refractivity contribution is 6.02. The van der Waals surface area contributed by atoms with E-state index in [1.165, 1.54) is 48.3 Å². The molecule has 1 fully saturated rings. The molecule has 0 spiro atoms. The van der Waals surface area contributed by atoms with E-state index >= 15 is 0 Å². The molecular weight excluding hydrogens is 533 g/mol. The lowest BCUT2D eigenvalue weighted by Gasteiger charge is -2.31. The van der Waals surface area contributed by atoms with E-state index in [1.807, 2.05) is 6.92 Å². The summed E-state index contributed by atoms with van der Waals surface area (Å²) in [5, 5.41) is 12.2. The Morgan fingerprint density at radius 2 is 1.44 bits per heavy atom. The number of hydrogen-bond donors (Lipinski definition) is 2. The van der Waals surface area contributed by atoms with Gasteiger partial charge in [0.05, 0.1) is 26.7 Å². The number of carbonyl (C=O) groups excluding carboxylic acids is 3. The van der Waals surface area contributed by atoms with Crippen molar-refractivity contribution in [2.45, 2.75) is 25.6 Å². The summed E-state index contributed by atoms with van der Waals surface area (Å²) in [4.78, 5) is 55.3. The molecule has 2 N–H and O–H groups in total. The Balaban J connectivity index is 1.70. The number of amides is 3. The molecule has 41 heavy (non-hydrogen) atoms. The number of nitrogens with zero attached hydrogens (tertiary/aromatic N) is 2. The third-order valence-corrected chi connectivity index (χ3v) is 6.83. The van der Waals surface area contributed by atoms with Gasteiger partial charge in [0, 0.05) is 24.2 Å². The van der Waals surface area contributed by atoms with Crippen LogP contribution in [0.2, 0.25) is 0 Å². The van der Waals surface area contributed by atoms with Gasteiger partial charge in [-0.2, -0.15) is 0 Å². The molecule has 1 heterocycles. The van der Waals surface area contributed by atoms with Gasteiger partial charge in [-0.25, -0.2) is 4.39 Å². The Kier molecular flexibility index (Phi) is 8.86. The van der Waals surface area contributed by atoms with Crippen molar-refractivity contribution in [2.24, 2.45) is 0 Å². The number of nitrogens with one attached hydrogen (secondary N) is 1. The highest BCUT2D eigenvalue weighted by Crippen LogP contribution is 2.30. The van der Waals surface area contributed by atoms with Gasteiger partial charge < -0.3 is 29.7 Å². The Morgan fingerprint density at radius 1 is 0.878 bits per heavy atom. The first-order chi connectivity index (χ1) is 19.6. The van der Waals surface area contributed by atoms with E-state index in [0.717, 1.165) is 17.7 Å². The van der Waals surface area contributed by atoms with E-state index in [1.54, 1.807) is 30.3 Å². The summed E-state index contributed by atoms with van der Waals surface area (Å²) < 4.78 is 24.1. The maximum Gasteiger partial charge on any atom is 0.305 e. The van der Waals surface area contributed by atoms with Crippen molar-refractivity contribution in [3.63, 3.8) is 0 Å². The summed E-state index contributed by atoms with van der Waals surface area (Å²) in [6, 6.07) is 15.4. The van der Waals surface area contributed by atoms with Crippen molar-refractivity contribution >= 4 is 23.7 Å². The number of halogens is 1. The summed E-state index contributed by atoms with van der Waals surface area (Å²) in [6.45, 7) is 1.98. The predicted octanol–water partition coefficient (Wildman–Crippen LogP) is 3.41. The van der Waals surface area contributed by atoms with Gasteiger partial charge in [0.2, 0.25) is 0 Å². The molecule has 11 heteroatoms. The van der Waals surface area contributed by atoms with Crippen molar-refractivity contribution in [3.8, 4) is 11.5 Å². The third kappa shape index (κ3) is 6.46. The Labute approximate surface area is 236 Å². The molecule has 2 unspecified atom stereocenters. The Morgan fingerprint density at radius 3 is 2.00 bits per heavy atom. The van der Waals surface area contributed by atoms with Gasteiger partial charge in [0.15, 0.2) is 17.7 Å². The summed E-state index contributed by atoms with van der Waals surface area (Å²) in [5.41, 5.74) is 1.83. The number of ether oxygens (including phenoxy) is 2. The van der Waals surface area contributed by atoms with Crippen LogP contribution in [0.3, 0.4) is 0 Å². The fraction of sp³-hybridized carbons (Fsp3) is 0.267. The van der Waals surface area contributed by atoms with Crippen molar-refractivity contribution in [1.29, 1.82) is 0 Å². The zero-order valence-electron chi connectivity index (χ0n) is 22.8. The highest BCUT2D eigenvalue weighted by Gasteiger charge is 2.44. The minimum atomic E-state index is -1.39. The van der Waals surface area contributed by atoms with Crippen LogP contribution in [0.4, 0.5) is 4.39 Å². The lowest BCUT2D eigenvalue weighted by molar-refractivity contribution is -0.138. The lowest BCUT2D eigenvalue weighted by Crippen LogP contribution is -2.54. The largest absolute Gasteiger partial charge is 0.493 e. The van der Waals surface area contributed by atoms with E-state index < -0.39 is 48.1 Å². The molecular formula is C30H30FN3O7. The zero-order chi connectivity index (χ0) is 29.7. The first kappa shape index (κ1) is 29.1. The number of aliphatic carboxylic acids is 1. The summed E-state index contributed by atoms with van der Waals surface area (Å²) >= 11 is 0. The molecule has 1 aliphatic heterocycles. The highest BCUT2D eigenvalue weighted by atomic mass is 19.1. The molecule has 214 valence electrons. The van der Waals surface area contributed by atoms with Crippen LogP contribution in [0, 0.1) is 12.7 Å². The van der Waals surface area contributed by atoms with Gasteiger partial charge in [-0.1, -0.05) is 29.8 Å². The molecule has 3 aromatic rings. The number of rotatable bonds is 9. The van der Waals surface area contributed by atoms with Gasteiger partial charge in [-0.15, -0.1) is 0 Å². The van der Waals surface area contributed by atoms with Crippen LogP contribution in [0.25, 0.3) is 0 Å². The predicted molar refractivity (Wildman–Crippen MR) is 146 cm³/mol. The monoisotopic (exact) mass is 563 g/mol. The van der Waals surface area contributed by atoms with Crippen LogP contribution in [0.5, 0.6) is 11.5 Å². The number of hydrogen-bond acceptors (Lipinski definition) is 6. The van der Waals surface area contributed by atoms with Crippen molar-refractivity contribution in [2.75, 3.05) is 27.3 Å². The molecule has 0 bridgehead atoms. The van der Waals surface area contributed by atoms with Crippen molar-refractivity contribution in [1.82, 2.24) is 15.1 Å². The summed E-state index contributed by atoms with van der Waals surface area (Å²) in [7, 11) is 2.89. The van der Waals surface area contributed by atoms with E-state index in [4.69, 9.17) is 9.47 Å². The number of carbonyl (C=O) groups is 4. The van der Waals surface area contributed by atoms with Crippen LogP contribution >= 0.6 is 0 Å². The molecule has 3 amide bonds. The molecule has 0 aliphatic carbocycles. The maximum absolute atomic E-state index is 13.8. The molecule has 0 saturated carbocycles. The number of methoxy groups -OCH3 is 2. The molecule has 1 aliphatic rings. The summed E-state index contributed by atoms with van der Waals surface area (Å²) in [6.07, 6.45) is -1.89. The molecule has 2 atom stereocenters. The Hall–Kier alpha value is -4.93. The average Bonchev–Trinajstić information content (AvgIpc) is 3.41. The molecule has 3 aromatic carbocycles. The topological polar surface area (TPSA) is 125 Å². The van der Waals surface area contributed by atoms with Crippen molar-refractivity contribution < 1.29 is 38.1 Å². The molecule has 1 saturated heterocycles. The van der Waals surface area contributed by atoms with Crippen molar-refractivity contribution in [3.05, 3.63) is 94.8 Å². The smallest absolute Gasteiger partial charge is 0.305 e. The first-order valence-corrected chi connectivity index (χ1v) is 12.8. The zero-order valence-corrected chi connectivity index (χ0v) is 22.8. The van der Waals surface area contributed by atoms with Crippen LogP contribution in [-0.4, -0.2) is 72.1 Å². The van der Waals surface area contributed by atoms with Gasteiger partial charge in [0.1, 0.15) is 5.82 Å². The van der Waals surface area contributed by atoms with Crippen LogP contribution in [0.15, 0.2) is 66.7 Å². The lowest BCUT2D eigenvalue weighted by atomic mass is 10.0. The third-order valence-electron chi connectivity index (χ3n) is 6.83. The fourth-order valence-corrected chi connectivity index (χ4v) is 4.70. The second-order valence-electron chi connectivity index (χ2n) is 9.52. The molecule has 4 rings (SSSR count). The van der Waals surface area contributed by atoms with Crippen LogP contribution in [0.1, 0.15) is 44.3 Å². The van der Waals surface area contributed by atoms with Crippen LogP contribution < -0.4 is 14.8 Å². The second-order valence-corrected chi connectivity index (χ2v) is 9.52.